The lowest BCUT2D eigenvalue weighted by atomic mass is 9.96. The van der Waals surface area contributed by atoms with Crippen molar-refractivity contribution < 1.29 is 9.59 Å². The van der Waals surface area contributed by atoms with Crippen LogP contribution in [-0.2, 0) is 9.59 Å². The van der Waals surface area contributed by atoms with Gasteiger partial charge < -0.3 is 21.3 Å². The topological polar surface area (TPSA) is 82.3 Å². The van der Waals surface area contributed by atoms with Gasteiger partial charge in [-0.3, -0.25) is 9.59 Å². The first-order valence-electron chi connectivity index (χ1n) is 7.95. The fourth-order valence-corrected chi connectivity index (χ4v) is 2.74. The molecule has 1 aliphatic rings. The third-order valence-electron chi connectivity index (χ3n) is 4.43. The molecule has 1 saturated heterocycles. The maximum absolute atomic E-state index is 12.7. The standard InChI is InChI=1S/C17H26N4O2/c1-9-6-7-10(2)13(8-9)21-17(23)15-14(16(22)18-5)19-11(3)12(4)20-15/h6-8,11-12,14-15,19-20H,1-5H3,(H,18,22)(H,21,23). The normalized spacial score (nSPS) is 27.3. The summed E-state index contributed by atoms with van der Waals surface area (Å²) < 4.78 is 0. The highest BCUT2D eigenvalue weighted by Gasteiger charge is 2.40. The SMILES string of the molecule is CNC(=O)C1NC(C)C(C)NC1C(=O)Nc1cc(C)ccc1C. The predicted molar refractivity (Wildman–Crippen MR) is 91.4 cm³/mol. The van der Waals surface area contributed by atoms with E-state index in [0.717, 1.165) is 16.8 Å². The number of nitrogens with one attached hydrogen (secondary N) is 4. The van der Waals surface area contributed by atoms with Gasteiger partial charge in [-0.25, -0.2) is 0 Å². The van der Waals surface area contributed by atoms with E-state index in [9.17, 15) is 9.59 Å². The van der Waals surface area contributed by atoms with Crippen LogP contribution in [0.3, 0.4) is 0 Å². The quantitative estimate of drug-likeness (QED) is 0.661. The van der Waals surface area contributed by atoms with Gasteiger partial charge in [0, 0.05) is 24.8 Å². The minimum absolute atomic E-state index is 0.0882. The lowest BCUT2D eigenvalue weighted by Crippen LogP contribution is -2.70. The molecule has 6 heteroatoms. The molecule has 126 valence electrons. The van der Waals surface area contributed by atoms with Gasteiger partial charge in [0.05, 0.1) is 0 Å². The van der Waals surface area contributed by atoms with Gasteiger partial charge in [-0.15, -0.1) is 0 Å². The number of hydrogen-bond donors (Lipinski definition) is 4. The summed E-state index contributed by atoms with van der Waals surface area (Å²) in [4.78, 5) is 24.8. The smallest absolute Gasteiger partial charge is 0.243 e. The van der Waals surface area contributed by atoms with Crippen LogP contribution in [0.1, 0.15) is 25.0 Å². The first-order valence-corrected chi connectivity index (χ1v) is 7.95. The van der Waals surface area contributed by atoms with E-state index in [0.29, 0.717) is 0 Å². The van der Waals surface area contributed by atoms with Crippen molar-refractivity contribution in [2.24, 2.45) is 0 Å². The van der Waals surface area contributed by atoms with Crippen LogP contribution in [0.5, 0.6) is 0 Å². The summed E-state index contributed by atoms with van der Waals surface area (Å²) in [6, 6.07) is 4.87. The van der Waals surface area contributed by atoms with E-state index < -0.39 is 12.1 Å². The molecule has 0 spiro atoms. The molecule has 1 fully saturated rings. The van der Waals surface area contributed by atoms with E-state index in [1.54, 1.807) is 7.05 Å². The van der Waals surface area contributed by atoms with E-state index in [-0.39, 0.29) is 23.9 Å². The molecule has 4 unspecified atom stereocenters. The maximum atomic E-state index is 12.7. The maximum Gasteiger partial charge on any atom is 0.243 e. The predicted octanol–water partition coefficient (Wildman–Crippen LogP) is 0.695. The van der Waals surface area contributed by atoms with Gasteiger partial charge in [0.15, 0.2) is 0 Å². The number of likely N-dealkylation sites (N-methyl/N-ethyl adjacent to an activating group) is 1. The highest BCUT2D eigenvalue weighted by atomic mass is 16.2. The van der Waals surface area contributed by atoms with E-state index >= 15 is 0 Å². The zero-order chi connectivity index (χ0) is 17.1. The first kappa shape index (κ1) is 17.4. The Labute approximate surface area is 137 Å². The van der Waals surface area contributed by atoms with Crippen LogP contribution in [0.4, 0.5) is 5.69 Å². The molecule has 1 heterocycles. The van der Waals surface area contributed by atoms with Gasteiger partial charge in [0.1, 0.15) is 12.1 Å². The molecule has 0 saturated carbocycles. The number of aryl methyl sites for hydroxylation is 2. The fourth-order valence-electron chi connectivity index (χ4n) is 2.74. The Morgan fingerprint density at radius 1 is 1.00 bits per heavy atom. The summed E-state index contributed by atoms with van der Waals surface area (Å²) in [6.45, 7) is 7.91. The van der Waals surface area contributed by atoms with Crippen LogP contribution >= 0.6 is 0 Å². The Morgan fingerprint density at radius 2 is 1.57 bits per heavy atom. The Morgan fingerprint density at radius 3 is 2.13 bits per heavy atom. The van der Waals surface area contributed by atoms with Crippen molar-refractivity contribution >= 4 is 17.5 Å². The summed E-state index contributed by atoms with van der Waals surface area (Å²) >= 11 is 0. The molecule has 1 aromatic carbocycles. The highest BCUT2D eigenvalue weighted by molar-refractivity contribution is 6.00. The molecule has 1 aliphatic heterocycles. The molecule has 4 atom stereocenters. The minimum atomic E-state index is -0.624. The second-order valence-electron chi connectivity index (χ2n) is 6.29. The van der Waals surface area contributed by atoms with Crippen LogP contribution in [0.15, 0.2) is 18.2 Å². The molecule has 23 heavy (non-hydrogen) atoms. The molecular formula is C17H26N4O2. The van der Waals surface area contributed by atoms with Crippen LogP contribution in [0.25, 0.3) is 0 Å². The summed E-state index contributed by atoms with van der Waals surface area (Å²) in [5, 5.41) is 12.0. The lowest BCUT2D eigenvalue weighted by Gasteiger charge is -2.39. The van der Waals surface area contributed by atoms with Crippen LogP contribution < -0.4 is 21.3 Å². The van der Waals surface area contributed by atoms with Gasteiger partial charge >= 0.3 is 0 Å². The molecule has 0 aromatic heterocycles. The number of amides is 2. The van der Waals surface area contributed by atoms with Gasteiger partial charge in [0.2, 0.25) is 11.8 Å². The number of carbonyl (C=O) groups is 2. The molecule has 6 nitrogen and oxygen atoms in total. The minimum Gasteiger partial charge on any atom is -0.358 e. The molecule has 0 bridgehead atoms. The molecule has 2 rings (SSSR count). The molecule has 4 N–H and O–H groups in total. The van der Waals surface area contributed by atoms with E-state index in [4.69, 9.17) is 0 Å². The van der Waals surface area contributed by atoms with Crippen molar-refractivity contribution in [1.82, 2.24) is 16.0 Å². The molecule has 1 aromatic rings. The monoisotopic (exact) mass is 318 g/mol. The summed E-state index contributed by atoms with van der Waals surface area (Å²) in [7, 11) is 1.58. The van der Waals surface area contributed by atoms with Gasteiger partial charge in [-0.2, -0.15) is 0 Å². The van der Waals surface area contributed by atoms with Gasteiger partial charge in [0.25, 0.3) is 0 Å². The van der Waals surface area contributed by atoms with E-state index in [1.165, 1.54) is 0 Å². The molecule has 0 aliphatic carbocycles. The second kappa shape index (κ2) is 7.10. The molecule has 2 amide bonds. The van der Waals surface area contributed by atoms with E-state index in [1.807, 2.05) is 45.9 Å². The Kier molecular flexibility index (Phi) is 5.38. The highest BCUT2D eigenvalue weighted by Crippen LogP contribution is 2.18. The Bertz CT molecular complexity index is 602. The zero-order valence-corrected chi connectivity index (χ0v) is 14.4. The molecular weight excluding hydrogens is 292 g/mol. The number of carbonyl (C=O) groups excluding carboxylic acids is 2. The number of rotatable bonds is 3. The Hall–Kier alpha value is -1.92. The number of benzene rings is 1. The van der Waals surface area contributed by atoms with E-state index in [2.05, 4.69) is 21.3 Å². The zero-order valence-electron chi connectivity index (χ0n) is 14.4. The summed E-state index contributed by atoms with van der Waals surface area (Å²) in [5.41, 5.74) is 2.84. The average molecular weight is 318 g/mol. The third-order valence-corrected chi connectivity index (χ3v) is 4.43. The van der Waals surface area contributed by atoms with Crippen molar-refractivity contribution in [2.75, 3.05) is 12.4 Å². The van der Waals surface area contributed by atoms with Crippen molar-refractivity contribution in [3.63, 3.8) is 0 Å². The Balaban J connectivity index is 2.20. The van der Waals surface area contributed by atoms with Crippen molar-refractivity contribution in [3.8, 4) is 0 Å². The first-order chi connectivity index (χ1) is 10.8. The number of piperazine rings is 1. The van der Waals surface area contributed by atoms with Gasteiger partial charge in [-0.05, 0) is 44.9 Å². The van der Waals surface area contributed by atoms with Crippen LogP contribution in [0.2, 0.25) is 0 Å². The third kappa shape index (κ3) is 3.89. The van der Waals surface area contributed by atoms with Crippen molar-refractivity contribution in [2.45, 2.75) is 51.9 Å². The average Bonchev–Trinajstić information content (AvgIpc) is 2.52. The lowest BCUT2D eigenvalue weighted by molar-refractivity contribution is -0.129. The molecule has 0 radical (unpaired) electrons. The summed E-state index contributed by atoms with van der Waals surface area (Å²) in [5.74, 6) is -0.407. The summed E-state index contributed by atoms with van der Waals surface area (Å²) in [6.07, 6.45) is 0. The number of hydrogen-bond acceptors (Lipinski definition) is 4. The van der Waals surface area contributed by atoms with Gasteiger partial charge in [-0.1, -0.05) is 12.1 Å². The van der Waals surface area contributed by atoms with Crippen LogP contribution in [-0.4, -0.2) is 43.0 Å². The fraction of sp³-hybridized carbons (Fsp3) is 0.529. The van der Waals surface area contributed by atoms with Crippen molar-refractivity contribution in [3.05, 3.63) is 29.3 Å². The number of anilines is 1. The van der Waals surface area contributed by atoms with Crippen molar-refractivity contribution in [1.29, 1.82) is 0 Å². The second-order valence-corrected chi connectivity index (χ2v) is 6.29. The largest absolute Gasteiger partial charge is 0.358 e. The van der Waals surface area contributed by atoms with Crippen LogP contribution in [0, 0.1) is 13.8 Å².